The number of ether oxygens (including phenoxy) is 1. The zero-order valence-electron chi connectivity index (χ0n) is 13.6. The first-order chi connectivity index (χ1) is 8.49. The van der Waals surface area contributed by atoms with Crippen LogP contribution in [0.2, 0.25) is 0 Å². The van der Waals surface area contributed by atoms with Crippen LogP contribution in [0, 0.1) is 5.41 Å². The number of hydrogen-bond acceptors (Lipinski definition) is 1. The lowest BCUT2D eigenvalue weighted by Crippen LogP contribution is -2.11. The summed E-state index contributed by atoms with van der Waals surface area (Å²) in [7, 11) is 0. The van der Waals surface area contributed by atoms with Crippen molar-refractivity contribution >= 4 is 0 Å². The molecule has 1 atom stereocenters. The minimum atomic E-state index is 0.510. The molecule has 0 fully saturated rings. The number of unbranched alkanes of at least 4 members (excludes halogenated alkanes) is 5. The van der Waals surface area contributed by atoms with E-state index in [2.05, 4.69) is 34.6 Å². The fourth-order valence-electron chi connectivity index (χ4n) is 2.38. The van der Waals surface area contributed by atoms with E-state index in [1.807, 2.05) is 0 Å². The van der Waals surface area contributed by atoms with E-state index in [0.717, 1.165) is 6.61 Å². The average Bonchev–Trinajstić information content (AvgIpc) is 2.29. The molecule has 0 bridgehead atoms. The smallest absolute Gasteiger partial charge is 0.0572 e. The number of rotatable bonds is 11. The van der Waals surface area contributed by atoms with Crippen molar-refractivity contribution in [2.24, 2.45) is 5.41 Å². The summed E-state index contributed by atoms with van der Waals surface area (Å²) in [5.41, 5.74) is 0.520. The first-order valence-corrected chi connectivity index (χ1v) is 8.11. The van der Waals surface area contributed by atoms with Crippen LogP contribution in [0.25, 0.3) is 0 Å². The Morgan fingerprint density at radius 3 is 1.89 bits per heavy atom. The van der Waals surface area contributed by atoms with Crippen molar-refractivity contribution in [3.05, 3.63) is 0 Å². The van der Waals surface area contributed by atoms with Crippen LogP contribution >= 0.6 is 0 Å². The van der Waals surface area contributed by atoms with Crippen molar-refractivity contribution in [1.29, 1.82) is 0 Å². The van der Waals surface area contributed by atoms with Gasteiger partial charge in [0.1, 0.15) is 0 Å². The van der Waals surface area contributed by atoms with Gasteiger partial charge in [-0.2, -0.15) is 0 Å². The Morgan fingerprint density at radius 2 is 1.39 bits per heavy atom. The van der Waals surface area contributed by atoms with Gasteiger partial charge in [0.15, 0.2) is 0 Å². The van der Waals surface area contributed by atoms with Crippen molar-refractivity contribution < 1.29 is 4.74 Å². The van der Waals surface area contributed by atoms with E-state index in [4.69, 9.17) is 4.74 Å². The van der Waals surface area contributed by atoms with Gasteiger partial charge in [0.05, 0.1) is 6.10 Å². The van der Waals surface area contributed by atoms with Crippen molar-refractivity contribution in [2.45, 2.75) is 98.5 Å². The molecule has 0 N–H and O–H groups in total. The summed E-state index contributed by atoms with van der Waals surface area (Å²) in [4.78, 5) is 0. The van der Waals surface area contributed by atoms with Crippen LogP contribution in [0.5, 0.6) is 0 Å². The zero-order valence-corrected chi connectivity index (χ0v) is 13.6. The highest BCUT2D eigenvalue weighted by atomic mass is 16.5. The molecule has 0 radical (unpaired) electrons. The van der Waals surface area contributed by atoms with Gasteiger partial charge in [0.25, 0.3) is 0 Å². The van der Waals surface area contributed by atoms with Crippen molar-refractivity contribution in [3.63, 3.8) is 0 Å². The van der Waals surface area contributed by atoms with Gasteiger partial charge in [-0.05, 0) is 31.6 Å². The van der Waals surface area contributed by atoms with Gasteiger partial charge in [-0.3, -0.25) is 0 Å². The normalized spacial score (nSPS) is 13.8. The lowest BCUT2D eigenvalue weighted by molar-refractivity contribution is 0.0523. The topological polar surface area (TPSA) is 9.23 Å². The Kier molecular flexibility index (Phi) is 10.8. The summed E-state index contributed by atoms with van der Waals surface area (Å²) in [5, 5.41) is 0. The average molecular weight is 256 g/mol. The molecule has 0 aromatic rings. The molecule has 18 heavy (non-hydrogen) atoms. The van der Waals surface area contributed by atoms with Crippen molar-refractivity contribution in [1.82, 2.24) is 0 Å². The molecule has 1 nitrogen and oxygen atoms in total. The van der Waals surface area contributed by atoms with Crippen molar-refractivity contribution in [3.8, 4) is 0 Å². The molecule has 0 heterocycles. The summed E-state index contributed by atoms with van der Waals surface area (Å²) >= 11 is 0. The maximum atomic E-state index is 5.67. The molecular weight excluding hydrogens is 220 g/mol. The van der Waals surface area contributed by atoms with Gasteiger partial charge >= 0.3 is 0 Å². The van der Waals surface area contributed by atoms with Gasteiger partial charge in [0, 0.05) is 6.61 Å². The largest absolute Gasteiger partial charge is 0.379 e. The molecule has 1 heteroatoms. The van der Waals surface area contributed by atoms with Crippen LogP contribution in [-0.4, -0.2) is 12.7 Å². The van der Waals surface area contributed by atoms with E-state index < -0.39 is 0 Å². The van der Waals surface area contributed by atoms with Crippen LogP contribution < -0.4 is 0 Å². The second-order valence-corrected chi connectivity index (χ2v) is 6.71. The molecular formula is C17H36O. The zero-order chi connectivity index (χ0) is 13.9. The fraction of sp³-hybridized carbons (Fsp3) is 1.00. The molecule has 0 saturated heterocycles. The predicted molar refractivity (Wildman–Crippen MR) is 82.1 cm³/mol. The maximum absolute atomic E-state index is 5.67. The third-order valence-corrected chi connectivity index (χ3v) is 3.56. The Hall–Kier alpha value is -0.0400. The predicted octanol–water partition coefficient (Wildman–Crippen LogP) is 5.97. The minimum Gasteiger partial charge on any atom is -0.379 e. The summed E-state index contributed by atoms with van der Waals surface area (Å²) in [6.07, 6.45) is 12.7. The number of hydrogen-bond donors (Lipinski definition) is 0. The highest BCUT2D eigenvalue weighted by molar-refractivity contribution is 4.61. The first-order valence-electron chi connectivity index (χ1n) is 8.11. The van der Waals surface area contributed by atoms with Crippen LogP contribution in [0.4, 0.5) is 0 Å². The van der Waals surface area contributed by atoms with Crippen molar-refractivity contribution in [2.75, 3.05) is 6.61 Å². The molecule has 0 amide bonds. The molecule has 1 unspecified atom stereocenters. The summed E-state index contributed by atoms with van der Waals surface area (Å²) in [6, 6.07) is 0. The van der Waals surface area contributed by atoms with Gasteiger partial charge in [-0.25, -0.2) is 0 Å². The van der Waals surface area contributed by atoms with Crippen LogP contribution in [0.15, 0.2) is 0 Å². The SMILES string of the molecule is CCOC(CC)CCCCCCCCC(C)(C)C. The highest BCUT2D eigenvalue weighted by Crippen LogP contribution is 2.22. The molecule has 0 rings (SSSR count). The summed E-state index contributed by atoms with van der Waals surface area (Å²) in [5.74, 6) is 0. The van der Waals surface area contributed by atoms with E-state index >= 15 is 0 Å². The lowest BCUT2D eigenvalue weighted by atomic mass is 9.89. The molecule has 110 valence electrons. The maximum Gasteiger partial charge on any atom is 0.0572 e. The second kappa shape index (κ2) is 10.8. The Labute approximate surface area is 116 Å². The molecule has 0 aromatic carbocycles. The fourth-order valence-corrected chi connectivity index (χ4v) is 2.38. The molecule has 0 aliphatic rings. The lowest BCUT2D eigenvalue weighted by Gasteiger charge is -2.17. The van der Waals surface area contributed by atoms with Gasteiger partial charge in [-0.1, -0.05) is 66.2 Å². The molecule has 0 aliphatic heterocycles. The third-order valence-electron chi connectivity index (χ3n) is 3.56. The van der Waals surface area contributed by atoms with E-state index in [0.29, 0.717) is 11.5 Å². The summed E-state index contributed by atoms with van der Waals surface area (Å²) in [6.45, 7) is 12.2. The van der Waals surface area contributed by atoms with E-state index in [9.17, 15) is 0 Å². The Balaban J connectivity index is 3.25. The second-order valence-electron chi connectivity index (χ2n) is 6.71. The first kappa shape index (κ1) is 18.0. The highest BCUT2D eigenvalue weighted by Gasteiger charge is 2.08. The molecule has 0 aliphatic carbocycles. The van der Waals surface area contributed by atoms with E-state index in [1.54, 1.807) is 0 Å². The monoisotopic (exact) mass is 256 g/mol. The standard InChI is InChI=1S/C17H36O/c1-6-16(18-7-2)14-12-10-8-9-11-13-15-17(3,4)5/h16H,6-15H2,1-5H3. The molecule has 0 aromatic heterocycles. The Morgan fingerprint density at radius 1 is 0.833 bits per heavy atom. The molecule has 0 saturated carbocycles. The Bertz CT molecular complexity index is 169. The quantitative estimate of drug-likeness (QED) is 0.414. The third kappa shape index (κ3) is 12.4. The van der Waals surface area contributed by atoms with Crippen LogP contribution in [0.1, 0.15) is 92.4 Å². The van der Waals surface area contributed by atoms with E-state index in [-0.39, 0.29) is 0 Å². The van der Waals surface area contributed by atoms with Crippen LogP contribution in [0.3, 0.4) is 0 Å². The van der Waals surface area contributed by atoms with Gasteiger partial charge in [0.2, 0.25) is 0 Å². The van der Waals surface area contributed by atoms with E-state index in [1.165, 1.54) is 57.8 Å². The minimum absolute atomic E-state index is 0.510. The summed E-state index contributed by atoms with van der Waals surface area (Å²) < 4.78 is 5.67. The van der Waals surface area contributed by atoms with Gasteiger partial charge in [-0.15, -0.1) is 0 Å². The molecule has 0 spiro atoms. The van der Waals surface area contributed by atoms with Crippen LogP contribution in [-0.2, 0) is 4.74 Å². The van der Waals surface area contributed by atoms with Gasteiger partial charge < -0.3 is 4.74 Å².